The Labute approximate surface area is 231 Å². The van der Waals surface area contributed by atoms with Crippen molar-refractivity contribution in [3.05, 3.63) is 41.7 Å². The van der Waals surface area contributed by atoms with E-state index in [4.69, 9.17) is 32.0 Å². The predicted octanol–water partition coefficient (Wildman–Crippen LogP) is 2.26. The molecule has 2 saturated heterocycles. The van der Waals surface area contributed by atoms with Crippen molar-refractivity contribution >= 4 is 40.8 Å². The first-order valence-electron chi connectivity index (χ1n) is 12.9. The fraction of sp³-hybridized carbons (Fsp3) is 0.385. The van der Waals surface area contributed by atoms with E-state index in [1.165, 1.54) is 6.07 Å². The van der Waals surface area contributed by atoms with E-state index in [9.17, 15) is 5.11 Å². The minimum Gasteiger partial charge on any atom is -0.506 e. The van der Waals surface area contributed by atoms with Gasteiger partial charge in [0.15, 0.2) is 0 Å². The van der Waals surface area contributed by atoms with Gasteiger partial charge in [-0.15, -0.1) is 0 Å². The number of nitrogens with zero attached hydrogens (tertiary/aromatic N) is 8. The van der Waals surface area contributed by atoms with Gasteiger partial charge in [-0.2, -0.15) is 15.0 Å². The smallest absolute Gasteiger partial charge is 0.232 e. The third-order valence-corrected chi connectivity index (χ3v) is 7.73. The Morgan fingerprint density at radius 1 is 1.00 bits per heavy atom. The molecule has 39 heavy (non-hydrogen) atoms. The zero-order chi connectivity index (χ0) is 27.1. The number of aromatic hydroxyl groups is 1. The molecule has 0 amide bonds. The summed E-state index contributed by atoms with van der Waals surface area (Å²) in [7, 11) is 3.53. The second-order valence-corrected chi connectivity index (χ2v) is 10.2. The summed E-state index contributed by atoms with van der Waals surface area (Å²) in [5.41, 5.74) is 9.38. The van der Waals surface area contributed by atoms with Gasteiger partial charge in [0, 0.05) is 81.1 Å². The maximum Gasteiger partial charge on any atom is 0.232 e. The van der Waals surface area contributed by atoms with Gasteiger partial charge < -0.3 is 40.0 Å². The Bertz CT molecular complexity index is 1500. The molecule has 2 aliphatic heterocycles. The largest absolute Gasteiger partial charge is 0.506 e. The van der Waals surface area contributed by atoms with E-state index in [0.717, 1.165) is 57.0 Å². The Hall–Kier alpha value is -4.03. The number of pyridine rings is 1. The molecule has 204 valence electrons. The van der Waals surface area contributed by atoms with E-state index < -0.39 is 0 Å². The summed E-state index contributed by atoms with van der Waals surface area (Å²) in [6, 6.07) is 7.75. The molecular formula is C26H31ClN10O2. The highest BCUT2D eigenvalue weighted by Crippen LogP contribution is 2.37. The summed E-state index contributed by atoms with van der Waals surface area (Å²) < 4.78 is 7.40. The number of phenolic OH excluding ortho intramolecular Hbond substituents is 1. The van der Waals surface area contributed by atoms with Crippen LogP contribution in [0.2, 0.25) is 5.02 Å². The number of piperazine rings is 1. The first-order chi connectivity index (χ1) is 18.9. The molecule has 0 radical (unpaired) electrons. The van der Waals surface area contributed by atoms with Crippen molar-refractivity contribution in [3.8, 4) is 22.8 Å². The molecule has 0 saturated carbocycles. The maximum atomic E-state index is 9.94. The molecule has 5 heterocycles. The van der Waals surface area contributed by atoms with Crippen LogP contribution in [0.1, 0.15) is 6.42 Å². The number of anilines is 4. The molecule has 6 rings (SSSR count). The van der Waals surface area contributed by atoms with Crippen molar-refractivity contribution in [3.63, 3.8) is 0 Å². The highest BCUT2D eigenvalue weighted by atomic mass is 35.5. The third kappa shape index (κ3) is 4.92. The number of aromatic nitrogens is 5. The number of halogens is 1. The van der Waals surface area contributed by atoms with Gasteiger partial charge in [-0.25, -0.2) is 4.98 Å². The number of nitrogens with two attached hydrogens (primary N) is 1. The molecular weight excluding hydrogens is 520 g/mol. The molecule has 1 unspecified atom stereocenters. The second-order valence-electron chi connectivity index (χ2n) is 9.77. The molecule has 4 aromatic rings. The molecule has 13 heteroatoms. The van der Waals surface area contributed by atoms with E-state index >= 15 is 0 Å². The number of phenols is 1. The van der Waals surface area contributed by atoms with Crippen molar-refractivity contribution in [1.29, 1.82) is 0 Å². The van der Waals surface area contributed by atoms with Crippen LogP contribution in [-0.2, 0) is 0 Å². The molecule has 0 aliphatic carbocycles. The topological polar surface area (TPSA) is 133 Å². The number of hydrogen-bond donors (Lipinski definition) is 3. The predicted molar refractivity (Wildman–Crippen MR) is 152 cm³/mol. The molecule has 0 spiro atoms. The SMILES string of the molecule is CNC1CCN(c2nc(N)nc(N3CCN(c4ccn5cc(-c6cc(Cl)c(O)cc6OC)nc5c4)CC3)n2)C1. The number of hydrogen-bond acceptors (Lipinski definition) is 11. The van der Waals surface area contributed by atoms with E-state index in [1.54, 1.807) is 13.2 Å². The number of benzene rings is 1. The molecule has 2 fully saturated rings. The normalized spacial score (nSPS) is 17.8. The van der Waals surface area contributed by atoms with Crippen molar-refractivity contribution < 1.29 is 9.84 Å². The molecule has 4 N–H and O–H groups in total. The number of methoxy groups -OCH3 is 1. The van der Waals surface area contributed by atoms with E-state index in [1.807, 2.05) is 23.8 Å². The van der Waals surface area contributed by atoms with Crippen LogP contribution >= 0.6 is 11.6 Å². The molecule has 1 atom stereocenters. The monoisotopic (exact) mass is 550 g/mol. The van der Waals surface area contributed by atoms with Crippen LogP contribution in [0.3, 0.4) is 0 Å². The van der Waals surface area contributed by atoms with Crippen molar-refractivity contribution in [2.24, 2.45) is 0 Å². The summed E-state index contributed by atoms with van der Waals surface area (Å²) in [6.07, 6.45) is 4.97. The summed E-state index contributed by atoms with van der Waals surface area (Å²) in [4.78, 5) is 25.0. The summed E-state index contributed by atoms with van der Waals surface area (Å²) in [5, 5.41) is 13.5. The average Bonchev–Trinajstić information content (AvgIpc) is 3.61. The molecule has 12 nitrogen and oxygen atoms in total. The fourth-order valence-electron chi connectivity index (χ4n) is 5.20. The lowest BCUT2D eigenvalue weighted by Crippen LogP contribution is -2.47. The van der Waals surface area contributed by atoms with E-state index in [2.05, 4.69) is 42.1 Å². The van der Waals surface area contributed by atoms with E-state index in [0.29, 0.717) is 34.9 Å². The van der Waals surface area contributed by atoms with Gasteiger partial charge in [-0.05, 0) is 25.6 Å². The summed E-state index contributed by atoms with van der Waals surface area (Å²) >= 11 is 6.16. The molecule has 2 aliphatic rings. The third-order valence-electron chi connectivity index (χ3n) is 7.42. The molecule has 1 aromatic carbocycles. The van der Waals surface area contributed by atoms with Crippen molar-refractivity contribution in [2.75, 3.05) is 73.9 Å². The van der Waals surface area contributed by atoms with Crippen LogP contribution in [0.4, 0.5) is 23.5 Å². The van der Waals surface area contributed by atoms with Gasteiger partial charge in [-0.1, -0.05) is 11.6 Å². The minimum atomic E-state index is -0.0305. The summed E-state index contributed by atoms with van der Waals surface area (Å²) in [6.45, 7) is 4.88. The van der Waals surface area contributed by atoms with Gasteiger partial charge in [0.2, 0.25) is 17.8 Å². The van der Waals surface area contributed by atoms with Crippen LogP contribution in [-0.4, -0.2) is 88.9 Å². The Morgan fingerprint density at radius 3 is 2.46 bits per heavy atom. The fourth-order valence-corrected chi connectivity index (χ4v) is 5.37. The zero-order valence-electron chi connectivity index (χ0n) is 21.9. The van der Waals surface area contributed by atoms with Gasteiger partial charge >= 0.3 is 0 Å². The first-order valence-corrected chi connectivity index (χ1v) is 13.3. The number of likely N-dealkylation sites (N-methyl/N-ethyl adjacent to an activating group) is 1. The second kappa shape index (κ2) is 10.3. The number of nitrogen functional groups attached to an aromatic ring is 1. The van der Waals surface area contributed by atoms with Crippen LogP contribution in [0.5, 0.6) is 11.5 Å². The molecule has 0 bridgehead atoms. The lowest BCUT2D eigenvalue weighted by Gasteiger charge is -2.36. The number of ether oxygens (including phenoxy) is 1. The standard InChI is InChI=1S/C26H31ClN10O2/c1-29-16-3-5-37(14-16)26-32-24(28)31-25(33-26)35-9-7-34(8-10-35)17-4-6-36-15-20(30-23(36)11-17)18-12-19(27)21(38)13-22(18)39-2/h4,6,11-13,15-16,29,38H,3,5,7-10,14H2,1-2H3,(H2,28,31,32,33). The number of fused-ring (bicyclic) bond motifs is 1. The Morgan fingerprint density at radius 2 is 1.74 bits per heavy atom. The van der Waals surface area contributed by atoms with Crippen LogP contribution in [0.25, 0.3) is 16.9 Å². The highest BCUT2D eigenvalue weighted by molar-refractivity contribution is 6.32. The van der Waals surface area contributed by atoms with Crippen molar-refractivity contribution in [1.82, 2.24) is 29.7 Å². The van der Waals surface area contributed by atoms with Crippen LogP contribution < -0.4 is 30.5 Å². The number of nitrogens with one attached hydrogen (secondary N) is 1. The van der Waals surface area contributed by atoms with E-state index in [-0.39, 0.29) is 16.7 Å². The van der Waals surface area contributed by atoms with Gasteiger partial charge in [-0.3, -0.25) is 0 Å². The van der Waals surface area contributed by atoms with Gasteiger partial charge in [0.1, 0.15) is 17.1 Å². The minimum absolute atomic E-state index is 0.0305. The maximum absolute atomic E-state index is 9.94. The highest BCUT2D eigenvalue weighted by Gasteiger charge is 2.26. The lowest BCUT2D eigenvalue weighted by molar-refractivity contribution is 0.409. The number of rotatable bonds is 6. The Kier molecular flexibility index (Phi) is 6.65. The summed E-state index contributed by atoms with van der Waals surface area (Å²) in [5.74, 6) is 1.99. The molecule has 3 aromatic heterocycles. The Balaban J connectivity index is 1.17. The van der Waals surface area contributed by atoms with Crippen LogP contribution in [0, 0.1) is 0 Å². The van der Waals surface area contributed by atoms with Gasteiger partial charge in [0.05, 0.1) is 17.8 Å². The quantitative estimate of drug-likeness (QED) is 0.326. The zero-order valence-corrected chi connectivity index (χ0v) is 22.6. The number of imidazole rings is 1. The van der Waals surface area contributed by atoms with Crippen molar-refractivity contribution in [2.45, 2.75) is 12.5 Å². The first kappa shape index (κ1) is 25.3. The van der Waals surface area contributed by atoms with Gasteiger partial charge in [0.25, 0.3) is 0 Å². The van der Waals surface area contributed by atoms with Crippen LogP contribution in [0.15, 0.2) is 36.7 Å². The lowest BCUT2D eigenvalue weighted by atomic mass is 10.1. The average molecular weight is 551 g/mol.